The van der Waals surface area contributed by atoms with Gasteiger partial charge in [-0.25, -0.2) is 14.4 Å². The van der Waals surface area contributed by atoms with Gasteiger partial charge in [0.15, 0.2) is 0 Å². The van der Waals surface area contributed by atoms with Gasteiger partial charge in [-0.2, -0.15) is 0 Å². The number of carbonyl (C=O) groups excluding carboxylic acids is 2. The number of rotatable bonds is 4. The summed E-state index contributed by atoms with van der Waals surface area (Å²) in [6.45, 7) is 3.50. The Kier molecular flexibility index (Phi) is 5.62. The van der Waals surface area contributed by atoms with Crippen molar-refractivity contribution in [3.05, 3.63) is 88.6 Å². The van der Waals surface area contributed by atoms with Crippen LogP contribution >= 0.6 is 0 Å². The molecular weight excluding hydrogens is 419 g/mol. The van der Waals surface area contributed by atoms with Crippen molar-refractivity contribution >= 4 is 17.6 Å². The van der Waals surface area contributed by atoms with E-state index < -0.39 is 0 Å². The molecule has 1 fully saturated rings. The number of likely N-dealkylation sites (tertiary alicyclic amines) is 1. The van der Waals surface area contributed by atoms with Crippen molar-refractivity contribution < 1.29 is 14.0 Å². The maximum Gasteiger partial charge on any atom is 0.253 e. The van der Waals surface area contributed by atoms with Crippen molar-refractivity contribution in [1.82, 2.24) is 14.9 Å². The topological polar surface area (TPSA) is 66.4 Å². The SMILES string of the molecule is Cc1nc([C@H]2CCN(C(=O)c3ccccc3)C2)nc2c1CCC(=O)N2Cc1ccc(F)cc1. The summed E-state index contributed by atoms with van der Waals surface area (Å²) in [6, 6.07) is 15.5. The highest BCUT2D eigenvalue weighted by atomic mass is 19.1. The van der Waals surface area contributed by atoms with E-state index in [9.17, 15) is 14.0 Å². The van der Waals surface area contributed by atoms with E-state index in [-0.39, 0.29) is 23.5 Å². The van der Waals surface area contributed by atoms with Crippen LogP contribution in [0.2, 0.25) is 0 Å². The van der Waals surface area contributed by atoms with Crippen molar-refractivity contribution in [2.45, 2.75) is 38.6 Å². The maximum absolute atomic E-state index is 13.3. The zero-order chi connectivity index (χ0) is 22.9. The van der Waals surface area contributed by atoms with Crippen molar-refractivity contribution in [2.24, 2.45) is 0 Å². The van der Waals surface area contributed by atoms with E-state index in [1.165, 1.54) is 12.1 Å². The summed E-state index contributed by atoms with van der Waals surface area (Å²) in [5.74, 6) is 1.05. The average molecular weight is 445 g/mol. The molecule has 2 aliphatic rings. The lowest BCUT2D eigenvalue weighted by Crippen LogP contribution is -2.36. The van der Waals surface area contributed by atoms with Gasteiger partial charge in [-0.3, -0.25) is 14.5 Å². The lowest BCUT2D eigenvalue weighted by Gasteiger charge is -2.30. The molecule has 0 N–H and O–H groups in total. The number of fused-ring (bicyclic) bond motifs is 1. The van der Waals surface area contributed by atoms with E-state index in [0.29, 0.717) is 49.7 Å². The largest absolute Gasteiger partial charge is 0.338 e. The molecule has 33 heavy (non-hydrogen) atoms. The lowest BCUT2D eigenvalue weighted by atomic mass is 10.0. The van der Waals surface area contributed by atoms with E-state index in [1.807, 2.05) is 42.2 Å². The molecule has 5 rings (SSSR count). The number of anilines is 1. The van der Waals surface area contributed by atoms with Crippen LogP contribution in [0.15, 0.2) is 54.6 Å². The lowest BCUT2D eigenvalue weighted by molar-refractivity contribution is -0.119. The number of amides is 2. The molecule has 0 unspecified atom stereocenters. The number of nitrogens with zero attached hydrogens (tertiary/aromatic N) is 4. The first-order valence-electron chi connectivity index (χ1n) is 11.3. The van der Waals surface area contributed by atoms with Gasteiger partial charge in [0, 0.05) is 42.2 Å². The van der Waals surface area contributed by atoms with Crippen molar-refractivity contribution in [3.63, 3.8) is 0 Å². The zero-order valence-electron chi connectivity index (χ0n) is 18.5. The normalized spacial score (nSPS) is 17.9. The molecule has 1 atom stereocenters. The number of aryl methyl sites for hydroxylation is 1. The first-order chi connectivity index (χ1) is 16.0. The predicted octanol–water partition coefficient (Wildman–Crippen LogP) is 4.03. The van der Waals surface area contributed by atoms with E-state index in [2.05, 4.69) is 0 Å². The molecule has 3 aromatic rings. The van der Waals surface area contributed by atoms with Crippen LogP contribution in [0.3, 0.4) is 0 Å². The number of benzene rings is 2. The van der Waals surface area contributed by atoms with Gasteiger partial charge in [0.05, 0.1) is 6.54 Å². The second-order valence-electron chi connectivity index (χ2n) is 8.68. The third kappa shape index (κ3) is 4.23. The summed E-state index contributed by atoms with van der Waals surface area (Å²) in [7, 11) is 0. The van der Waals surface area contributed by atoms with Crippen molar-refractivity contribution in [1.29, 1.82) is 0 Å². The summed E-state index contributed by atoms with van der Waals surface area (Å²) >= 11 is 0. The molecule has 0 bridgehead atoms. The molecule has 2 aliphatic heterocycles. The zero-order valence-corrected chi connectivity index (χ0v) is 18.5. The number of halogens is 1. The third-order valence-electron chi connectivity index (χ3n) is 6.47. The van der Waals surface area contributed by atoms with Crippen LogP contribution in [-0.4, -0.2) is 39.8 Å². The molecule has 2 amide bonds. The van der Waals surface area contributed by atoms with Gasteiger partial charge in [0.1, 0.15) is 17.5 Å². The van der Waals surface area contributed by atoms with Gasteiger partial charge >= 0.3 is 0 Å². The van der Waals surface area contributed by atoms with E-state index in [0.717, 1.165) is 23.2 Å². The number of aromatic nitrogens is 2. The Morgan fingerprint density at radius 1 is 1.06 bits per heavy atom. The fraction of sp³-hybridized carbons (Fsp3) is 0.308. The van der Waals surface area contributed by atoms with Crippen LogP contribution in [0.25, 0.3) is 0 Å². The van der Waals surface area contributed by atoms with Crippen LogP contribution in [0.4, 0.5) is 10.2 Å². The summed E-state index contributed by atoms with van der Waals surface area (Å²) in [4.78, 5) is 38.8. The summed E-state index contributed by atoms with van der Waals surface area (Å²) in [5.41, 5.74) is 3.38. The number of hydrogen-bond acceptors (Lipinski definition) is 4. The molecule has 168 valence electrons. The average Bonchev–Trinajstić information content (AvgIpc) is 3.32. The van der Waals surface area contributed by atoms with E-state index >= 15 is 0 Å². The number of carbonyl (C=O) groups is 2. The summed E-state index contributed by atoms with van der Waals surface area (Å²) in [5, 5.41) is 0. The first-order valence-corrected chi connectivity index (χ1v) is 11.3. The first kappa shape index (κ1) is 21.2. The summed E-state index contributed by atoms with van der Waals surface area (Å²) < 4.78 is 13.3. The Labute approximate surface area is 192 Å². The van der Waals surface area contributed by atoms with Crippen LogP contribution in [-0.2, 0) is 17.8 Å². The minimum atomic E-state index is -0.305. The van der Waals surface area contributed by atoms with Crippen molar-refractivity contribution in [2.75, 3.05) is 18.0 Å². The summed E-state index contributed by atoms with van der Waals surface area (Å²) in [6.07, 6.45) is 1.80. The fourth-order valence-electron chi connectivity index (χ4n) is 4.64. The molecule has 0 spiro atoms. The highest BCUT2D eigenvalue weighted by molar-refractivity contribution is 5.95. The Morgan fingerprint density at radius 3 is 2.58 bits per heavy atom. The smallest absolute Gasteiger partial charge is 0.253 e. The molecule has 0 saturated carbocycles. The molecule has 1 aromatic heterocycles. The Morgan fingerprint density at radius 2 is 1.82 bits per heavy atom. The highest BCUT2D eigenvalue weighted by Crippen LogP contribution is 2.33. The standard InChI is InChI=1S/C26H25FN4O2/c1-17-22-11-12-23(32)31(15-18-7-9-21(27)10-8-18)25(22)29-24(28-17)20-13-14-30(16-20)26(33)19-5-3-2-4-6-19/h2-10,20H,11-16H2,1H3/t20-/m0/s1. The van der Waals surface area contributed by atoms with Crippen molar-refractivity contribution in [3.8, 4) is 0 Å². The monoisotopic (exact) mass is 444 g/mol. The fourth-order valence-corrected chi connectivity index (χ4v) is 4.64. The van der Waals surface area contributed by atoms with E-state index in [1.54, 1.807) is 17.0 Å². The molecule has 6 nitrogen and oxygen atoms in total. The minimum Gasteiger partial charge on any atom is -0.338 e. The third-order valence-corrected chi connectivity index (χ3v) is 6.47. The molecule has 0 aliphatic carbocycles. The molecule has 7 heteroatoms. The van der Waals surface area contributed by atoms with Gasteiger partial charge in [-0.05, 0) is 49.6 Å². The Balaban J connectivity index is 1.41. The quantitative estimate of drug-likeness (QED) is 0.609. The van der Waals surface area contributed by atoms with Gasteiger partial charge in [-0.1, -0.05) is 30.3 Å². The molecule has 3 heterocycles. The molecule has 0 radical (unpaired) electrons. The molecule has 1 saturated heterocycles. The van der Waals surface area contributed by atoms with Gasteiger partial charge in [0.25, 0.3) is 5.91 Å². The molecular formula is C26H25FN4O2. The second-order valence-corrected chi connectivity index (χ2v) is 8.68. The van der Waals surface area contributed by atoms with E-state index in [4.69, 9.17) is 9.97 Å². The van der Waals surface area contributed by atoms with Gasteiger partial charge in [-0.15, -0.1) is 0 Å². The Hall–Kier alpha value is -3.61. The Bertz CT molecular complexity index is 1200. The minimum absolute atomic E-state index is 0.00294. The maximum atomic E-state index is 13.3. The van der Waals surface area contributed by atoms with Gasteiger partial charge in [0.2, 0.25) is 5.91 Å². The van der Waals surface area contributed by atoms with Crippen LogP contribution in [0.5, 0.6) is 0 Å². The molecule has 2 aromatic carbocycles. The van der Waals surface area contributed by atoms with Crippen LogP contribution in [0, 0.1) is 12.7 Å². The number of hydrogen-bond donors (Lipinski definition) is 0. The highest BCUT2D eigenvalue weighted by Gasteiger charge is 2.33. The van der Waals surface area contributed by atoms with Crippen LogP contribution in [0.1, 0.15) is 51.8 Å². The van der Waals surface area contributed by atoms with Gasteiger partial charge < -0.3 is 4.90 Å². The van der Waals surface area contributed by atoms with Crippen LogP contribution < -0.4 is 4.90 Å². The predicted molar refractivity (Wildman–Crippen MR) is 122 cm³/mol. The second kappa shape index (κ2) is 8.73.